The van der Waals surface area contributed by atoms with Gasteiger partial charge in [-0.3, -0.25) is 4.79 Å². The van der Waals surface area contributed by atoms with Crippen LogP contribution in [0.2, 0.25) is 0 Å². The predicted molar refractivity (Wildman–Crippen MR) is 65.0 cm³/mol. The van der Waals surface area contributed by atoms with Crippen molar-refractivity contribution in [2.24, 2.45) is 0 Å². The standard InChI is InChI=1S/C12H17NO2S/c1-8(6-14)13-12(15)10-7-16-11-5-3-2-4-9(10)11/h7-8,14H,2-6H2,1H3,(H,13,15)/t8-/m0/s1. The fourth-order valence-corrected chi connectivity index (χ4v) is 3.16. The van der Waals surface area contributed by atoms with E-state index >= 15 is 0 Å². The van der Waals surface area contributed by atoms with Crippen LogP contribution in [-0.2, 0) is 12.8 Å². The van der Waals surface area contributed by atoms with Gasteiger partial charge in [-0.2, -0.15) is 0 Å². The minimum atomic E-state index is -0.174. The van der Waals surface area contributed by atoms with Crippen LogP contribution in [0.15, 0.2) is 5.38 Å². The summed E-state index contributed by atoms with van der Waals surface area (Å²) in [5.41, 5.74) is 2.05. The van der Waals surface area contributed by atoms with Gasteiger partial charge in [-0.15, -0.1) is 11.3 Å². The first-order valence-electron chi connectivity index (χ1n) is 5.73. The third-order valence-corrected chi connectivity index (χ3v) is 4.05. The Labute approximate surface area is 99.5 Å². The van der Waals surface area contributed by atoms with Crippen LogP contribution in [-0.4, -0.2) is 23.7 Å². The van der Waals surface area contributed by atoms with Gasteiger partial charge in [0, 0.05) is 16.3 Å². The zero-order chi connectivity index (χ0) is 11.5. The van der Waals surface area contributed by atoms with Gasteiger partial charge in [0.25, 0.3) is 5.91 Å². The number of fused-ring (bicyclic) bond motifs is 1. The molecule has 1 atom stereocenters. The van der Waals surface area contributed by atoms with Crippen molar-refractivity contribution in [1.29, 1.82) is 0 Å². The second kappa shape index (κ2) is 4.97. The van der Waals surface area contributed by atoms with Gasteiger partial charge < -0.3 is 10.4 Å². The lowest BCUT2D eigenvalue weighted by Gasteiger charge is -2.14. The van der Waals surface area contributed by atoms with Crippen molar-refractivity contribution in [2.45, 2.75) is 38.6 Å². The number of aliphatic hydroxyl groups excluding tert-OH is 1. The molecular formula is C12H17NO2S. The molecule has 2 rings (SSSR count). The summed E-state index contributed by atoms with van der Waals surface area (Å²) in [5.74, 6) is -0.0408. The summed E-state index contributed by atoms with van der Waals surface area (Å²) in [6.45, 7) is 1.79. The lowest BCUT2D eigenvalue weighted by molar-refractivity contribution is 0.0921. The van der Waals surface area contributed by atoms with Crippen LogP contribution in [0.5, 0.6) is 0 Å². The van der Waals surface area contributed by atoms with Gasteiger partial charge in [-0.1, -0.05) is 0 Å². The summed E-state index contributed by atoms with van der Waals surface area (Å²) >= 11 is 1.69. The van der Waals surface area contributed by atoms with Gasteiger partial charge in [0.2, 0.25) is 0 Å². The van der Waals surface area contributed by atoms with Gasteiger partial charge in [0.1, 0.15) is 0 Å². The van der Waals surface area contributed by atoms with Crippen molar-refractivity contribution < 1.29 is 9.90 Å². The molecule has 16 heavy (non-hydrogen) atoms. The molecule has 0 aromatic carbocycles. The van der Waals surface area contributed by atoms with E-state index in [1.54, 1.807) is 18.3 Å². The predicted octanol–water partition coefficient (Wildman–Crippen LogP) is 1.74. The number of aryl methyl sites for hydroxylation is 1. The Morgan fingerprint density at radius 2 is 2.31 bits per heavy atom. The number of thiophene rings is 1. The first-order chi connectivity index (χ1) is 7.72. The molecule has 0 radical (unpaired) electrons. The van der Waals surface area contributed by atoms with E-state index < -0.39 is 0 Å². The number of hydrogen-bond donors (Lipinski definition) is 2. The van der Waals surface area contributed by atoms with Crippen LogP contribution < -0.4 is 5.32 Å². The van der Waals surface area contributed by atoms with E-state index in [9.17, 15) is 4.79 Å². The number of nitrogens with one attached hydrogen (secondary N) is 1. The molecule has 0 aliphatic heterocycles. The second-order valence-corrected chi connectivity index (χ2v) is 5.28. The average Bonchev–Trinajstić information content (AvgIpc) is 2.72. The van der Waals surface area contributed by atoms with Gasteiger partial charge in [-0.05, 0) is 38.2 Å². The molecule has 1 heterocycles. The molecule has 3 nitrogen and oxygen atoms in total. The Bertz CT molecular complexity index is 386. The van der Waals surface area contributed by atoms with Crippen molar-refractivity contribution in [3.63, 3.8) is 0 Å². The molecule has 1 aliphatic carbocycles. The third kappa shape index (κ3) is 2.28. The summed E-state index contributed by atoms with van der Waals surface area (Å²) in [5, 5.41) is 13.7. The molecule has 0 unspecified atom stereocenters. The fourth-order valence-electron chi connectivity index (χ4n) is 2.03. The number of hydrogen-bond acceptors (Lipinski definition) is 3. The minimum absolute atomic E-state index is 0.0158. The molecule has 1 aromatic rings. The van der Waals surface area contributed by atoms with E-state index in [0.717, 1.165) is 18.4 Å². The van der Waals surface area contributed by atoms with E-state index in [-0.39, 0.29) is 18.6 Å². The molecule has 1 amide bonds. The second-order valence-electron chi connectivity index (χ2n) is 4.32. The smallest absolute Gasteiger partial charge is 0.252 e. The molecule has 4 heteroatoms. The fraction of sp³-hybridized carbons (Fsp3) is 0.583. The molecule has 0 bridgehead atoms. The maximum Gasteiger partial charge on any atom is 0.252 e. The van der Waals surface area contributed by atoms with Gasteiger partial charge in [0.15, 0.2) is 0 Å². The van der Waals surface area contributed by atoms with Crippen molar-refractivity contribution in [3.8, 4) is 0 Å². The molecule has 0 saturated heterocycles. The SMILES string of the molecule is C[C@@H](CO)NC(=O)c1csc2c1CCCC2. The minimum Gasteiger partial charge on any atom is -0.394 e. The molecule has 0 fully saturated rings. The van der Waals surface area contributed by atoms with Crippen LogP contribution in [0.3, 0.4) is 0 Å². The van der Waals surface area contributed by atoms with E-state index in [1.165, 1.54) is 23.3 Å². The number of carbonyl (C=O) groups is 1. The number of amides is 1. The summed E-state index contributed by atoms with van der Waals surface area (Å²) in [4.78, 5) is 13.3. The summed E-state index contributed by atoms with van der Waals surface area (Å²) < 4.78 is 0. The molecule has 0 saturated carbocycles. The van der Waals surface area contributed by atoms with Gasteiger partial charge >= 0.3 is 0 Å². The van der Waals surface area contributed by atoms with Crippen LogP contribution in [0.4, 0.5) is 0 Å². The summed E-state index contributed by atoms with van der Waals surface area (Å²) in [6.07, 6.45) is 4.55. The molecule has 88 valence electrons. The maximum atomic E-state index is 11.9. The maximum absolute atomic E-state index is 11.9. The molecule has 2 N–H and O–H groups in total. The highest BCUT2D eigenvalue weighted by molar-refractivity contribution is 7.10. The highest BCUT2D eigenvalue weighted by Gasteiger charge is 2.20. The zero-order valence-electron chi connectivity index (χ0n) is 9.45. The Kier molecular flexibility index (Phi) is 3.61. The number of aliphatic hydroxyl groups is 1. The van der Waals surface area contributed by atoms with Crippen LogP contribution in [0.1, 0.15) is 40.6 Å². The molecule has 1 aliphatic rings. The lowest BCUT2D eigenvalue weighted by Crippen LogP contribution is -2.35. The van der Waals surface area contributed by atoms with Crippen molar-refractivity contribution in [1.82, 2.24) is 5.32 Å². The van der Waals surface area contributed by atoms with Gasteiger partial charge in [0.05, 0.1) is 12.2 Å². The first kappa shape index (κ1) is 11.6. The number of rotatable bonds is 3. The Morgan fingerprint density at radius 1 is 1.56 bits per heavy atom. The van der Waals surface area contributed by atoms with Crippen molar-refractivity contribution in [3.05, 3.63) is 21.4 Å². The topological polar surface area (TPSA) is 49.3 Å². The van der Waals surface area contributed by atoms with Crippen molar-refractivity contribution >= 4 is 17.2 Å². The first-order valence-corrected chi connectivity index (χ1v) is 6.61. The molecular weight excluding hydrogens is 222 g/mol. The Morgan fingerprint density at radius 3 is 3.06 bits per heavy atom. The quantitative estimate of drug-likeness (QED) is 0.844. The van der Waals surface area contributed by atoms with Crippen molar-refractivity contribution in [2.75, 3.05) is 6.61 Å². The van der Waals surface area contributed by atoms with Crippen LogP contribution >= 0.6 is 11.3 Å². The third-order valence-electron chi connectivity index (χ3n) is 2.96. The summed E-state index contributed by atoms with van der Waals surface area (Å²) in [7, 11) is 0. The van der Waals surface area contributed by atoms with Crippen LogP contribution in [0, 0.1) is 0 Å². The normalized spacial score (nSPS) is 16.6. The molecule has 0 spiro atoms. The summed E-state index contributed by atoms with van der Waals surface area (Å²) in [6, 6.07) is -0.174. The highest BCUT2D eigenvalue weighted by Crippen LogP contribution is 2.30. The Hall–Kier alpha value is -0.870. The van der Waals surface area contributed by atoms with Crippen LogP contribution in [0.25, 0.3) is 0 Å². The molecule has 1 aromatic heterocycles. The lowest BCUT2D eigenvalue weighted by atomic mass is 9.95. The average molecular weight is 239 g/mol. The van der Waals surface area contributed by atoms with E-state index in [4.69, 9.17) is 5.11 Å². The van der Waals surface area contributed by atoms with E-state index in [2.05, 4.69) is 5.32 Å². The Balaban J connectivity index is 2.14. The largest absolute Gasteiger partial charge is 0.394 e. The zero-order valence-corrected chi connectivity index (χ0v) is 10.3. The van der Waals surface area contributed by atoms with E-state index in [1.807, 2.05) is 5.38 Å². The highest BCUT2D eigenvalue weighted by atomic mass is 32.1. The van der Waals surface area contributed by atoms with Gasteiger partial charge in [-0.25, -0.2) is 0 Å². The van der Waals surface area contributed by atoms with E-state index in [0.29, 0.717) is 0 Å². The monoisotopic (exact) mass is 239 g/mol. The number of carbonyl (C=O) groups excluding carboxylic acids is 1.